The van der Waals surface area contributed by atoms with Crippen LogP contribution in [0.15, 0.2) is 133 Å². The zero-order valence-corrected chi connectivity index (χ0v) is 26.3. The van der Waals surface area contributed by atoms with Crippen LogP contribution < -0.4 is 9.47 Å². The molecule has 2 heterocycles. The van der Waals surface area contributed by atoms with E-state index in [9.17, 15) is 20.4 Å². The third-order valence-electron chi connectivity index (χ3n) is 11.1. The molecule has 7 aromatic rings. The molecular formula is C44H26O6. The normalized spacial score (nSPS) is 15.4. The number of hydrogen-bond acceptors (Lipinski definition) is 6. The Morgan fingerprint density at radius 2 is 0.620 bits per heavy atom. The maximum Gasteiger partial charge on any atom is 0.135 e. The topological polar surface area (TPSA) is 99.4 Å². The summed E-state index contributed by atoms with van der Waals surface area (Å²) in [5, 5.41) is 42.5. The third kappa shape index (κ3) is 3.10. The molecule has 7 aromatic carbocycles. The van der Waals surface area contributed by atoms with Crippen molar-refractivity contribution >= 4 is 0 Å². The summed E-state index contributed by atoms with van der Waals surface area (Å²) in [4.78, 5) is 0. The molecule has 0 saturated heterocycles. The monoisotopic (exact) mass is 650 g/mol. The Labute approximate surface area is 286 Å². The van der Waals surface area contributed by atoms with Gasteiger partial charge in [0.15, 0.2) is 0 Å². The summed E-state index contributed by atoms with van der Waals surface area (Å²) >= 11 is 0. The minimum absolute atomic E-state index is 0.0905. The highest BCUT2D eigenvalue weighted by atomic mass is 16.5. The third-order valence-corrected chi connectivity index (χ3v) is 11.1. The first-order valence-electron chi connectivity index (χ1n) is 16.5. The molecule has 0 fully saturated rings. The number of phenols is 4. The van der Waals surface area contributed by atoms with Crippen LogP contribution in [0.3, 0.4) is 0 Å². The summed E-state index contributed by atoms with van der Waals surface area (Å²) in [5.41, 5.74) is 10.5. The maximum absolute atomic E-state index is 10.6. The molecule has 11 rings (SSSR count). The van der Waals surface area contributed by atoms with Crippen molar-refractivity contribution in [2.24, 2.45) is 0 Å². The van der Waals surface area contributed by atoms with Crippen LogP contribution in [0.25, 0.3) is 22.3 Å². The fourth-order valence-electron chi connectivity index (χ4n) is 9.35. The Balaban J connectivity index is 1.31. The van der Waals surface area contributed by atoms with Crippen molar-refractivity contribution in [1.29, 1.82) is 0 Å². The summed E-state index contributed by atoms with van der Waals surface area (Å²) in [7, 11) is 0. The first-order chi connectivity index (χ1) is 24.4. The van der Waals surface area contributed by atoms with Gasteiger partial charge in [-0.2, -0.15) is 0 Å². The lowest BCUT2D eigenvalue weighted by Gasteiger charge is -2.40. The van der Waals surface area contributed by atoms with E-state index in [4.69, 9.17) is 9.47 Å². The van der Waals surface area contributed by atoms with Crippen molar-refractivity contribution in [2.75, 3.05) is 0 Å². The molecule has 0 amide bonds. The van der Waals surface area contributed by atoms with Crippen LogP contribution in [0.5, 0.6) is 46.0 Å². The van der Waals surface area contributed by atoms with Gasteiger partial charge in [0.05, 0.1) is 10.8 Å². The Kier molecular flexibility index (Phi) is 4.95. The highest BCUT2D eigenvalue weighted by molar-refractivity contribution is 5.96. The highest BCUT2D eigenvalue weighted by Crippen LogP contribution is 2.67. The van der Waals surface area contributed by atoms with E-state index in [1.165, 1.54) is 0 Å². The Hall–Kier alpha value is -6.66. The zero-order valence-electron chi connectivity index (χ0n) is 26.3. The van der Waals surface area contributed by atoms with Gasteiger partial charge in [-0.1, -0.05) is 72.8 Å². The lowest BCUT2D eigenvalue weighted by Crippen LogP contribution is -2.33. The van der Waals surface area contributed by atoms with Gasteiger partial charge in [0.2, 0.25) is 0 Å². The molecular weight excluding hydrogens is 624 g/mol. The molecule has 0 saturated carbocycles. The number of fused-ring (bicyclic) bond motifs is 18. The van der Waals surface area contributed by atoms with Gasteiger partial charge in [0, 0.05) is 46.5 Å². The number of ether oxygens (including phenoxy) is 2. The predicted octanol–water partition coefficient (Wildman–Crippen LogP) is 9.45. The predicted molar refractivity (Wildman–Crippen MR) is 188 cm³/mol. The van der Waals surface area contributed by atoms with Crippen molar-refractivity contribution in [3.05, 3.63) is 178 Å². The number of hydrogen-bond donors (Lipinski definition) is 4. The van der Waals surface area contributed by atoms with E-state index < -0.39 is 10.8 Å². The molecule has 0 atom stereocenters. The van der Waals surface area contributed by atoms with Crippen LogP contribution in [0, 0.1) is 0 Å². The van der Waals surface area contributed by atoms with E-state index in [0.29, 0.717) is 23.0 Å². The Morgan fingerprint density at radius 3 is 0.960 bits per heavy atom. The minimum Gasteiger partial charge on any atom is -0.508 e. The van der Waals surface area contributed by atoms with Crippen LogP contribution in [-0.4, -0.2) is 20.4 Å². The van der Waals surface area contributed by atoms with E-state index in [-0.39, 0.29) is 23.0 Å². The van der Waals surface area contributed by atoms with Gasteiger partial charge in [-0.3, -0.25) is 0 Å². The lowest BCUT2D eigenvalue weighted by atomic mass is 9.64. The first-order valence-corrected chi connectivity index (χ1v) is 16.5. The van der Waals surface area contributed by atoms with Gasteiger partial charge in [-0.15, -0.1) is 0 Å². The fourth-order valence-corrected chi connectivity index (χ4v) is 9.35. The molecule has 0 aromatic heterocycles. The van der Waals surface area contributed by atoms with Crippen LogP contribution in [0.4, 0.5) is 0 Å². The standard InChI is InChI=1S/C44H26O6/c45-23-9-13-33-39(17-23)49-40-18-24(46)10-14-34(40)43(33)31-7-3-1-5-27(31)29-21-38-30(22-37(29)43)28-6-2-4-8-32(28)44(38)35-15-11-25(47)19-41(35)50-42-20-26(48)12-16-36(42)44/h1-22,45-48H. The average Bonchev–Trinajstić information content (AvgIpc) is 3.55. The van der Waals surface area contributed by atoms with Crippen LogP contribution >= 0.6 is 0 Å². The van der Waals surface area contributed by atoms with Gasteiger partial charge < -0.3 is 29.9 Å². The molecule has 50 heavy (non-hydrogen) atoms. The van der Waals surface area contributed by atoms with Gasteiger partial charge >= 0.3 is 0 Å². The van der Waals surface area contributed by atoms with Crippen molar-refractivity contribution in [3.63, 3.8) is 0 Å². The van der Waals surface area contributed by atoms with Crippen molar-refractivity contribution in [3.8, 4) is 68.2 Å². The molecule has 2 aliphatic heterocycles. The summed E-state index contributed by atoms with van der Waals surface area (Å²) in [6.07, 6.45) is 0. The zero-order chi connectivity index (χ0) is 33.5. The van der Waals surface area contributed by atoms with Crippen LogP contribution in [0.2, 0.25) is 0 Å². The lowest BCUT2D eigenvalue weighted by molar-refractivity contribution is 0.415. The van der Waals surface area contributed by atoms with Crippen LogP contribution in [-0.2, 0) is 10.8 Å². The number of rotatable bonds is 0. The molecule has 4 aliphatic rings. The van der Waals surface area contributed by atoms with Gasteiger partial charge in [0.1, 0.15) is 46.0 Å². The molecule has 238 valence electrons. The molecule has 0 bridgehead atoms. The molecule has 6 heteroatoms. The summed E-state index contributed by atoms with van der Waals surface area (Å²) in [6.45, 7) is 0. The second kappa shape index (κ2) is 9.07. The van der Waals surface area contributed by atoms with Gasteiger partial charge in [-0.25, -0.2) is 0 Å². The smallest absolute Gasteiger partial charge is 0.135 e. The SMILES string of the molecule is Oc1ccc2c(c1)Oc1cc(O)ccc1C21c2ccccc2-c2cc3c(cc21)-c1ccccc1C31c2ccc(O)cc2Oc2cc(O)ccc21. The Bertz CT molecular complexity index is 2390. The second-order valence-corrected chi connectivity index (χ2v) is 13.5. The quantitative estimate of drug-likeness (QED) is 0.131. The molecule has 2 spiro atoms. The number of phenolic OH excluding ortho intramolecular Hbond substituents is 4. The first kappa shape index (κ1) is 27.3. The Morgan fingerprint density at radius 1 is 0.300 bits per heavy atom. The molecule has 0 radical (unpaired) electrons. The largest absolute Gasteiger partial charge is 0.508 e. The van der Waals surface area contributed by atoms with Crippen molar-refractivity contribution in [2.45, 2.75) is 10.8 Å². The maximum atomic E-state index is 10.6. The van der Waals surface area contributed by atoms with Gasteiger partial charge in [0.25, 0.3) is 0 Å². The van der Waals surface area contributed by atoms with E-state index in [2.05, 4.69) is 60.7 Å². The van der Waals surface area contributed by atoms with Gasteiger partial charge in [-0.05, 0) is 80.9 Å². The average molecular weight is 651 g/mol. The van der Waals surface area contributed by atoms with E-state index in [1.807, 2.05) is 24.3 Å². The molecule has 4 N–H and O–H groups in total. The summed E-state index contributed by atoms with van der Waals surface area (Å²) < 4.78 is 12.8. The number of benzene rings is 7. The van der Waals surface area contributed by atoms with E-state index in [1.54, 1.807) is 48.5 Å². The fraction of sp³-hybridized carbons (Fsp3) is 0.0455. The molecule has 6 nitrogen and oxygen atoms in total. The molecule has 0 unspecified atom stereocenters. The molecule has 2 aliphatic carbocycles. The van der Waals surface area contributed by atoms with E-state index in [0.717, 1.165) is 66.8 Å². The highest BCUT2D eigenvalue weighted by Gasteiger charge is 2.55. The van der Waals surface area contributed by atoms with Crippen molar-refractivity contribution in [1.82, 2.24) is 0 Å². The minimum atomic E-state index is -0.820. The number of aromatic hydroxyl groups is 4. The van der Waals surface area contributed by atoms with Crippen molar-refractivity contribution < 1.29 is 29.9 Å². The summed E-state index contributed by atoms with van der Waals surface area (Å²) in [6, 6.07) is 42.6. The summed E-state index contributed by atoms with van der Waals surface area (Å²) in [5.74, 6) is 2.45. The van der Waals surface area contributed by atoms with E-state index >= 15 is 0 Å². The van der Waals surface area contributed by atoms with Crippen LogP contribution in [0.1, 0.15) is 44.5 Å². The second-order valence-electron chi connectivity index (χ2n) is 13.5.